The number of nitrogens with zero attached hydrogens (tertiary/aromatic N) is 2. The maximum absolute atomic E-state index is 6.04. The predicted octanol–water partition coefficient (Wildman–Crippen LogP) is 4.04. The Bertz CT molecular complexity index is 778. The van der Waals surface area contributed by atoms with Crippen molar-refractivity contribution in [3.05, 3.63) is 46.1 Å². The van der Waals surface area contributed by atoms with E-state index in [9.17, 15) is 0 Å². The topological polar surface area (TPSA) is 52.5 Å². The van der Waals surface area contributed by atoms with Crippen LogP contribution < -0.4 is 10.5 Å². The van der Waals surface area contributed by atoms with Gasteiger partial charge in [-0.1, -0.05) is 17.7 Å². The molecule has 3 aromatic rings. The summed E-state index contributed by atoms with van der Waals surface area (Å²) in [4.78, 5) is 5.46. The molecule has 0 aliphatic carbocycles. The number of hydrogen-bond donors (Lipinski definition) is 1. The first-order valence-corrected chi connectivity index (χ1v) is 7.94. The molecule has 6 heteroatoms. The fourth-order valence-corrected chi connectivity index (χ4v) is 3.06. The number of benzene rings is 1. The molecule has 0 aliphatic rings. The third kappa shape index (κ3) is 2.90. The van der Waals surface area contributed by atoms with Gasteiger partial charge in [0.1, 0.15) is 5.75 Å². The van der Waals surface area contributed by atoms with E-state index in [1.165, 1.54) is 0 Å². The van der Waals surface area contributed by atoms with Crippen LogP contribution in [0, 0.1) is 6.92 Å². The van der Waals surface area contributed by atoms with Gasteiger partial charge in [0.05, 0.1) is 5.69 Å². The minimum atomic E-state index is 0.0348. The van der Waals surface area contributed by atoms with Crippen LogP contribution in [0.4, 0.5) is 0 Å². The predicted molar refractivity (Wildman–Crippen MR) is 86.7 cm³/mol. The molecule has 0 radical (unpaired) electrons. The lowest BCUT2D eigenvalue weighted by atomic mass is 10.2. The van der Waals surface area contributed by atoms with E-state index in [-0.39, 0.29) is 6.04 Å². The van der Waals surface area contributed by atoms with Gasteiger partial charge in [0.2, 0.25) is 5.88 Å². The second-order valence-corrected chi connectivity index (χ2v) is 6.42. The number of hydrogen-bond acceptors (Lipinski definition) is 4. The highest BCUT2D eigenvalue weighted by Crippen LogP contribution is 2.31. The molecule has 4 nitrogen and oxygen atoms in total. The molecule has 0 saturated heterocycles. The van der Waals surface area contributed by atoms with E-state index in [1.54, 1.807) is 17.4 Å². The van der Waals surface area contributed by atoms with Crippen molar-refractivity contribution in [1.29, 1.82) is 0 Å². The van der Waals surface area contributed by atoms with Crippen molar-refractivity contribution in [3.63, 3.8) is 0 Å². The van der Waals surface area contributed by atoms with Crippen LogP contribution in [0.3, 0.4) is 0 Å². The molecule has 110 valence electrons. The maximum atomic E-state index is 6.04. The van der Waals surface area contributed by atoms with Crippen LogP contribution in [0.15, 0.2) is 29.8 Å². The fraction of sp³-hybridized carbons (Fsp3) is 0.267. The van der Waals surface area contributed by atoms with Gasteiger partial charge >= 0.3 is 0 Å². The number of imidazole rings is 1. The minimum absolute atomic E-state index is 0.0348. The van der Waals surface area contributed by atoms with E-state index in [0.29, 0.717) is 17.3 Å². The molecule has 0 spiro atoms. The van der Waals surface area contributed by atoms with Crippen molar-refractivity contribution in [2.75, 3.05) is 0 Å². The van der Waals surface area contributed by atoms with E-state index in [2.05, 4.69) is 4.98 Å². The molecule has 1 aromatic carbocycles. The molecule has 21 heavy (non-hydrogen) atoms. The Kier molecular flexibility index (Phi) is 3.89. The van der Waals surface area contributed by atoms with Crippen molar-refractivity contribution >= 4 is 27.9 Å². The highest BCUT2D eigenvalue weighted by molar-refractivity contribution is 7.15. The molecular weight excluding hydrogens is 306 g/mol. The van der Waals surface area contributed by atoms with Crippen LogP contribution in [0.25, 0.3) is 4.96 Å². The van der Waals surface area contributed by atoms with Crippen molar-refractivity contribution in [3.8, 4) is 11.6 Å². The third-order valence-corrected chi connectivity index (χ3v) is 4.19. The largest absolute Gasteiger partial charge is 0.437 e. The van der Waals surface area contributed by atoms with Gasteiger partial charge in [-0.15, -0.1) is 11.3 Å². The number of fused-ring (bicyclic) bond motifs is 1. The minimum Gasteiger partial charge on any atom is -0.437 e. The number of ether oxygens (including phenoxy) is 1. The van der Waals surface area contributed by atoms with E-state index >= 15 is 0 Å². The lowest BCUT2D eigenvalue weighted by Gasteiger charge is -2.10. The Balaban J connectivity index is 2.03. The number of thiazole rings is 1. The van der Waals surface area contributed by atoms with E-state index < -0.39 is 0 Å². The van der Waals surface area contributed by atoms with Gasteiger partial charge in [0.25, 0.3) is 0 Å². The summed E-state index contributed by atoms with van der Waals surface area (Å²) in [5.74, 6) is 1.32. The number of nitrogens with two attached hydrogens (primary N) is 1. The van der Waals surface area contributed by atoms with Crippen LogP contribution in [-0.2, 0) is 6.42 Å². The van der Waals surface area contributed by atoms with Crippen LogP contribution >= 0.6 is 22.9 Å². The summed E-state index contributed by atoms with van der Waals surface area (Å²) in [6.07, 6.45) is 2.69. The van der Waals surface area contributed by atoms with Crippen LogP contribution in [0.5, 0.6) is 11.6 Å². The Morgan fingerprint density at radius 3 is 3.05 bits per heavy atom. The smallest absolute Gasteiger partial charge is 0.242 e. The molecule has 3 rings (SSSR count). The number of halogens is 1. The first-order valence-electron chi connectivity index (χ1n) is 6.68. The van der Waals surface area contributed by atoms with Crippen LogP contribution in [-0.4, -0.2) is 15.4 Å². The normalized spacial score (nSPS) is 12.8. The van der Waals surface area contributed by atoms with Gasteiger partial charge < -0.3 is 10.5 Å². The average molecular weight is 322 g/mol. The number of rotatable bonds is 4. The van der Waals surface area contributed by atoms with E-state index in [0.717, 1.165) is 22.0 Å². The summed E-state index contributed by atoms with van der Waals surface area (Å²) in [6, 6.07) is 5.62. The second kappa shape index (κ2) is 5.67. The SMILES string of the molecule is Cc1ccc(Cl)cc1Oc1nc2sccn2c1CC(C)N. The molecule has 0 amide bonds. The molecular formula is C15H16ClN3OS. The van der Waals surface area contributed by atoms with Gasteiger partial charge in [-0.05, 0) is 31.5 Å². The zero-order valence-electron chi connectivity index (χ0n) is 11.8. The molecule has 0 bridgehead atoms. The quantitative estimate of drug-likeness (QED) is 0.789. The van der Waals surface area contributed by atoms with Crippen LogP contribution in [0.2, 0.25) is 5.02 Å². The van der Waals surface area contributed by atoms with Gasteiger partial charge in [-0.3, -0.25) is 4.40 Å². The summed E-state index contributed by atoms with van der Waals surface area (Å²) < 4.78 is 8.03. The second-order valence-electron chi connectivity index (χ2n) is 5.11. The van der Waals surface area contributed by atoms with Gasteiger partial charge in [-0.2, -0.15) is 4.98 Å². The third-order valence-electron chi connectivity index (χ3n) is 3.20. The molecule has 0 saturated carbocycles. The summed E-state index contributed by atoms with van der Waals surface area (Å²) in [5.41, 5.74) is 7.95. The highest BCUT2D eigenvalue weighted by atomic mass is 35.5. The summed E-state index contributed by atoms with van der Waals surface area (Å²) in [6.45, 7) is 3.95. The maximum Gasteiger partial charge on any atom is 0.242 e. The first kappa shape index (κ1) is 14.4. The Morgan fingerprint density at radius 2 is 2.29 bits per heavy atom. The Labute approximate surface area is 132 Å². The molecule has 2 N–H and O–H groups in total. The fourth-order valence-electron chi connectivity index (χ4n) is 2.17. The Morgan fingerprint density at radius 1 is 1.48 bits per heavy atom. The van der Waals surface area contributed by atoms with Crippen molar-refractivity contribution in [1.82, 2.24) is 9.38 Å². The molecule has 0 fully saturated rings. The number of aromatic nitrogens is 2. The van der Waals surface area contributed by atoms with E-state index in [1.807, 2.05) is 42.0 Å². The van der Waals surface area contributed by atoms with E-state index in [4.69, 9.17) is 22.1 Å². The molecule has 1 atom stereocenters. The van der Waals surface area contributed by atoms with Gasteiger partial charge in [0.15, 0.2) is 4.96 Å². The highest BCUT2D eigenvalue weighted by Gasteiger charge is 2.17. The summed E-state index contributed by atoms with van der Waals surface area (Å²) in [5, 5.41) is 2.65. The lowest BCUT2D eigenvalue weighted by molar-refractivity contribution is 0.453. The molecule has 0 aliphatic heterocycles. The van der Waals surface area contributed by atoms with Crippen molar-refractivity contribution in [2.45, 2.75) is 26.3 Å². The zero-order chi connectivity index (χ0) is 15.0. The summed E-state index contributed by atoms with van der Waals surface area (Å²) >= 11 is 7.61. The summed E-state index contributed by atoms with van der Waals surface area (Å²) in [7, 11) is 0. The van der Waals surface area contributed by atoms with Crippen molar-refractivity contribution < 1.29 is 4.74 Å². The van der Waals surface area contributed by atoms with Gasteiger partial charge in [-0.25, -0.2) is 0 Å². The molecule has 2 aromatic heterocycles. The average Bonchev–Trinajstić information content (AvgIpc) is 2.97. The van der Waals surface area contributed by atoms with Gasteiger partial charge in [0, 0.05) is 29.1 Å². The van der Waals surface area contributed by atoms with Crippen LogP contribution in [0.1, 0.15) is 18.2 Å². The number of aryl methyl sites for hydroxylation is 1. The standard InChI is InChI=1S/C15H16ClN3OS/c1-9-3-4-11(16)8-13(9)20-14-12(7-10(2)17)19-5-6-21-15(19)18-14/h3-6,8,10H,7,17H2,1-2H3. The molecule has 2 heterocycles. The zero-order valence-corrected chi connectivity index (χ0v) is 13.4. The monoisotopic (exact) mass is 321 g/mol. The first-order chi connectivity index (χ1) is 10.0. The van der Waals surface area contributed by atoms with Crippen molar-refractivity contribution in [2.24, 2.45) is 5.73 Å². The Hall–Kier alpha value is -1.56. The molecule has 1 unspecified atom stereocenters. The lowest BCUT2D eigenvalue weighted by Crippen LogP contribution is -2.19.